The molecule has 1 heterocycles. The minimum absolute atomic E-state index is 0.350. The number of aldehydes is 1. The summed E-state index contributed by atoms with van der Waals surface area (Å²) in [6, 6.07) is 12.5. The van der Waals surface area contributed by atoms with Gasteiger partial charge in [-0.25, -0.2) is 10.9 Å². The van der Waals surface area contributed by atoms with Crippen molar-refractivity contribution >= 4 is 46.8 Å². The van der Waals surface area contributed by atoms with E-state index in [0.717, 1.165) is 9.91 Å². The van der Waals surface area contributed by atoms with Crippen LogP contribution in [-0.4, -0.2) is 24.0 Å². The van der Waals surface area contributed by atoms with Crippen molar-refractivity contribution in [2.24, 2.45) is 29.5 Å². The zero-order valence-corrected chi connectivity index (χ0v) is 15.3. The average molecular weight is 393 g/mol. The van der Waals surface area contributed by atoms with Gasteiger partial charge in [0.05, 0.1) is 29.1 Å². The van der Waals surface area contributed by atoms with Crippen molar-refractivity contribution in [2.45, 2.75) is 0 Å². The quantitative estimate of drug-likeness (QED) is 0.169. The molecule has 0 spiro atoms. The smallest absolute Gasteiger partial charge is 0.245 e. The number of carbonyl (C=O) groups excluding carboxylic acids is 4. The first kappa shape index (κ1) is 18.6. The second-order valence-corrected chi connectivity index (χ2v) is 7.19. The molecule has 2 aliphatic rings. The third-order valence-electron chi connectivity index (χ3n) is 5.62. The summed E-state index contributed by atoms with van der Waals surface area (Å²) < 4.78 is 0. The molecule has 9 nitrogen and oxygen atoms in total. The van der Waals surface area contributed by atoms with Gasteiger partial charge in [0.25, 0.3) is 0 Å². The highest BCUT2D eigenvalue weighted by Crippen LogP contribution is 2.52. The van der Waals surface area contributed by atoms with Gasteiger partial charge in [-0.1, -0.05) is 0 Å². The van der Waals surface area contributed by atoms with E-state index in [4.69, 9.17) is 17.3 Å². The molecule has 6 N–H and O–H groups in total. The van der Waals surface area contributed by atoms with E-state index in [1.54, 1.807) is 48.5 Å². The van der Waals surface area contributed by atoms with Crippen molar-refractivity contribution in [3.05, 3.63) is 48.5 Å². The Morgan fingerprint density at radius 3 is 1.97 bits per heavy atom. The van der Waals surface area contributed by atoms with E-state index < -0.39 is 41.4 Å². The van der Waals surface area contributed by atoms with Gasteiger partial charge in [0, 0.05) is 17.3 Å². The summed E-state index contributed by atoms with van der Waals surface area (Å²) in [4.78, 5) is 51.4. The van der Waals surface area contributed by atoms with Crippen LogP contribution in [0.25, 0.3) is 0 Å². The molecule has 0 aromatic heterocycles. The van der Waals surface area contributed by atoms with E-state index in [9.17, 15) is 19.2 Å². The number of hydrazine groups is 1. The Balaban J connectivity index is 1.63. The first-order valence-electron chi connectivity index (χ1n) is 8.98. The van der Waals surface area contributed by atoms with Crippen LogP contribution in [0.3, 0.4) is 0 Å². The van der Waals surface area contributed by atoms with Crippen LogP contribution < -0.4 is 27.2 Å². The number of anilines is 4. The zero-order valence-electron chi connectivity index (χ0n) is 15.3. The summed E-state index contributed by atoms with van der Waals surface area (Å²) in [5.74, 6) is 0.606. The molecular formula is C20H19N5O4. The second kappa shape index (κ2) is 6.71. The van der Waals surface area contributed by atoms with Crippen LogP contribution in [-0.2, 0) is 19.2 Å². The number of benzene rings is 2. The molecule has 1 saturated heterocycles. The number of imide groups is 1. The molecule has 0 radical (unpaired) electrons. The molecule has 2 aromatic carbocycles. The maximum atomic E-state index is 13.0. The lowest BCUT2D eigenvalue weighted by atomic mass is 9.57. The lowest BCUT2D eigenvalue weighted by Gasteiger charge is -2.42. The topological polar surface area (TPSA) is 153 Å². The molecule has 9 heteroatoms. The summed E-state index contributed by atoms with van der Waals surface area (Å²) >= 11 is 0. The molecule has 1 saturated carbocycles. The van der Waals surface area contributed by atoms with Crippen LogP contribution in [0.15, 0.2) is 48.5 Å². The molecule has 2 fully saturated rings. The van der Waals surface area contributed by atoms with Crippen molar-refractivity contribution in [1.29, 1.82) is 0 Å². The predicted octanol–water partition coefficient (Wildman–Crippen LogP) is 0.308. The van der Waals surface area contributed by atoms with Gasteiger partial charge in [-0.3, -0.25) is 19.3 Å². The zero-order chi connectivity index (χ0) is 20.9. The van der Waals surface area contributed by atoms with Crippen LogP contribution >= 0.6 is 0 Å². The Kier molecular flexibility index (Phi) is 4.31. The molecule has 29 heavy (non-hydrogen) atoms. The fourth-order valence-electron chi connectivity index (χ4n) is 4.10. The average Bonchev–Trinajstić information content (AvgIpc) is 2.89. The van der Waals surface area contributed by atoms with Crippen molar-refractivity contribution in [2.75, 3.05) is 21.4 Å². The Morgan fingerprint density at radius 1 is 0.897 bits per heavy atom. The molecule has 4 unspecified atom stereocenters. The van der Waals surface area contributed by atoms with Gasteiger partial charge in [0.15, 0.2) is 0 Å². The number of hydrogen-bond donors (Lipinski definition) is 3. The van der Waals surface area contributed by atoms with Gasteiger partial charge in [0.1, 0.15) is 6.29 Å². The first-order valence-corrected chi connectivity index (χ1v) is 8.98. The fraction of sp³-hybridized carbons (Fsp3) is 0.200. The molecule has 4 atom stereocenters. The van der Waals surface area contributed by atoms with Gasteiger partial charge < -0.3 is 16.3 Å². The number of nitrogen functional groups attached to an aromatic ring is 2. The molecule has 1 aliphatic heterocycles. The van der Waals surface area contributed by atoms with Gasteiger partial charge in [0.2, 0.25) is 17.7 Å². The Bertz CT molecular complexity index is 1000. The molecule has 3 amide bonds. The second-order valence-electron chi connectivity index (χ2n) is 7.19. The molecular weight excluding hydrogens is 374 g/mol. The molecule has 2 aromatic rings. The van der Waals surface area contributed by atoms with Crippen LogP contribution in [0.2, 0.25) is 0 Å². The monoisotopic (exact) mass is 393 g/mol. The summed E-state index contributed by atoms with van der Waals surface area (Å²) in [5, 5.41) is 0.889. The van der Waals surface area contributed by atoms with Gasteiger partial charge >= 0.3 is 0 Å². The van der Waals surface area contributed by atoms with Crippen molar-refractivity contribution in [3.63, 3.8) is 0 Å². The maximum absolute atomic E-state index is 13.0. The van der Waals surface area contributed by atoms with E-state index in [-0.39, 0.29) is 0 Å². The summed E-state index contributed by atoms with van der Waals surface area (Å²) in [6.45, 7) is 0. The Labute approximate surface area is 166 Å². The van der Waals surface area contributed by atoms with Crippen LogP contribution in [0.1, 0.15) is 0 Å². The number of carbonyl (C=O) groups is 4. The molecule has 0 bridgehead atoms. The fourth-order valence-corrected chi connectivity index (χ4v) is 4.10. The Morgan fingerprint density at radius 2 is 1.41 bits per heavy atom. The normalized spacial score (nSPS) is 25.3. The van der Waals surface area contributed by atoms with E-state index in [0.29, 0.717) is 29.0 Å². The highest BCUT2D eigenvalue weighted by atomic mass is 16.2. The van der Waals surface area contributed by atoms with Crippen molar-refractivity contribution in [3.8, 4) is 0 Å². The minimum Gasteiger partial charge on any atom is -0.399 e. The van der Waals surface area contributed by atoms with Crippen LogP contribution in [0.4, 0.5) is 22.7 Å². The number of nitrogens with two attached hydrogens (primary N) is 3. The highest BCUT2D eigenvalue weighted by molar-refractivity contribution is 6.25. The number of amides is 3. The van der Waals surface area contributed by atoms with Gasteiger partial charge in [-0.2, -0.15) is 0 Å². The lowest BCUT2D eigenvalue weighted by Crippen LogP contribution is -2.58. The van der Waals surface area contributed by atoms with E-state index >= 15 is 0 Å². The first-order chi connectivity index (χ1) is 13.8. The predicted molar refractivity (Wildman–Crippen MR) is 106 cm³/mol. The maximum Gasteiger partial charge on any atom is 0.245 e. The SMILES string of the molecule is Nc1ccc(N(N)C(=O)C2C(C=O)C3C(=O)N(c4ccc(N)cc4)C(=O)C23)cc1. The molecule has 1 aliphatic carbocycles. The highest BCUT2D eigenvalue weighted by Gasteiger charge is 2.67. The lowest BCUT2D eigenvalue weighted by molar-refractivity contribution is -0.151. The summed E-state index contributed by atoms with van der Waals surface area (Å²) in [5.41, 5.74) is 13.0. The van der Waals surface area contributed by atoms with Gasteiger partial charge in [-0.05, 0) is 48.5 Å². The Hall–Kier alpha value is -3.72. The minimum atomic E-state index is -1.00. The van der Waals surface area contributed by atoms with Crippen molar-refractivity contribution in [1.82, 2.24) is 0 Å². The number of fused-ring (bicyclic) bond motifs is 1. The molecule has 148 valence electrons. The summed E-state index contributed by atoms with van der Waals surface area (Å²) in [7, 11) is 0. The standard InChI is InChI=1S/C20H19N5O4/c21-10-1-5-12(6-2-10)24-18(27)15-14(9-26)16(17(15)19(24)28)20(29)25(23)13-7-3-11(22)4-8-13/h1-9,14-17H,21-23H2. The van der Waals surface area contributed by atoms with Gasteiger partial charge in [-0.15, -0.1) is 0 Å². The largest absolute Gasteiger partial charge is 0.399 e. The number of rotatable bonds is 4. The van der Waals surface area contributed by atoms with Crippen LogP contribution in [0.5, 0.6) is 0 Å². The van der Waals surface area contributed by atoms with E-state index in [1.165, 1.54) is 0 Å². The van der Waals surface area contributed by atoms with Crippen LogP contribution in [0, 0.1) is 23.7 Å². The molecule has 4 rings (SSSR count). The number of nitrogens with zero attached hydrogens (tertiary/aromatic N) is 2. The van der Waals surface area contributed by atoms with Crippen molar-refractivity contribution < 1.29 is 19.2 Å². The van der Waals surface area contributed by atoms with E-state index in [1.807, 2.05) is 0 Å². The third-order valence-corrected chi connectivity index (χ3v) is 5.62. The third kappa shape index (κ3) is 2.74. The number of hydrogen-bond acceptors (Lipinski definition) is 7. The summed E-state index contributed by atoms with van der Waals surface area (Å²) in [6.07, 6.45) is 0.554. The van der Waals surface area contributed by atoms with E-state index in [2.05, 4.69) is 0 Å².